The van der Waals surface area contributed by atoms with Crippen molar-refractivity contribution in [3.05, 3.63) is 52.8 Å². The highest BCUT2D eigenvalue weighted by atomic mass is 16.7. The van der Waals surface area contributed by atoms with Gasteiger partial charge in [-0.15, -0.1) is 0 Å². The Kier molecular flexibility index (Phi) is 3.66. The molecule has 32 heavy (non-hydrogen) atoms. The molecule has 2 unspecified atom stereocenters. The summed E-state index contributed by atoms with van der Waals surface area (Å²) in [5, 5.41) is 3.26. The molecule has 1 aliphatic heterocycles. The van der Waals surface area contributed by atoms with Gasteiger partial charge in [0.15, 0.2) is 11.5 Å². The number of aryl methyl sites for hydroxylation is 2. The van der Waals surface area contributed by atoms with Gasteiger partial charge in [0.05, 0.1) is 27.8 Å². The van der Waals surface area contributed by atoms with E-state index in [-0.39, 0.29) is 23.5 Å². The van der Waals surface area contributed by atoms with E-state index in [0.29, 0.717) is 11.5 Å². The van der Waals surface area contributed by atoms with Crippen molar-refractivity contribution in [3.8, 4) is 11.5 Å². The molecule has 0 radical (unpaired) electrons. The quantitative estimate of drug-likeness (QED) is 0.624. The summed E-state index contributed by atoms with van der Waals surface area (Å²) in [6, 6.07) is 9.92. The zero-order valence-corrected chi connectivity index (χ0v) is 19.1. The van der Waals surface area contributed by atoms with Crippen LogP contribution in [0.4, 0.5) is 5.69 Å². The molecule has 3 aliphatic rings. The normalized spacial score (nSPS) is 26.4. The van der Waals surface area contributed by atoms with Gasteiger partial charge in [0, 0.05) is 23.2 Å². The Morgan fingerprint density at radius 2 is 1.59 bits per heavy atom. The van der Waals surface area contributed by atoms with Gasteiger partial charge < -0.3 is 14.8 Å². The molecule has 2 atom stereocenters. The Bertz CT molecular complexity index is 1330. The van der Waals surface area contributed by atoms with Gasteiger partial charge in [0.1, 0.15) is 0 Å². The second-order valence-corrected chi connectivity index (χ2v) is 10.2. The van der Waals surface area contributed by atoms with Gasteiger partial charge in [0.2, 0.25) is 12.7 Å². The average Bonchev–Trinajstić information content (AvgIpc) is 3.32. The van der Waals surface area contributed by atoms with E-state index in [2.05, 4.69) is 32.2 Å². The number of anilines is 1. The fourth-order valence-corrected chi connectivity index (χ4v) is 6.10. The van der Waals surface area contributed by atoms with Crippen LogP contribution in [0.2, 0.25) is 0 Å². The summed E-state index contributed by atoms with van der Waals surface area (Å²) in [4.78, 5) is 24.2. The number of amides is 1. The van der Waals surface area contributed by atoms with Crippen LogP contribution in [0.15, 0.2) is 30.3 Å². The Morgan fingerprint density at radius 1 is 0.938 bits per heavy atom. The lowest BCUT2D eigenvalue weighted by Crippen LogP contribution is -2.48. The highest BCUT2D eigenvalue weighted by Gasteiger charge is 2.73. The van der Waals surface area contributed by atoms with Crippen molar-refractivity contribution < 1.29 is 14.3 Å². The highest BCUT2D eigenvalue weighted by Crippen LogP contribution is 2.70. The van der Waals surface area contributed by atoms with Crippen molar-refractivity contribution in [1.29, 1.82) is 0 Å². The molecule has 1 saturated carbocycles. The Hall–Kier alpha value is -3.15. The number of hydrogen-bond donors (Lipinski definition) is 1. The number of fused-ring (bicyclic) bond motifs is 7. The van der Waals surface area contributed by atoms with E-state index < -0.39 is 5.41 Å². The molecular weight excluding hydrogens is 402 g/mol. The SMILES string of the molecule is Cc1ccc(C)c(NC(=O)C23CCC(C)(c4nc5cc6c(cc5nc42)OCO6)C3(C)C)c1. The van der Waals surface area contributed by atoms with Crippen molar-refractivity contribution in [1.82, 2.24) is 9.97 Å². The van der Waals surface area contributed by atoms with Crippen molar-refractivity contribution in [2.45, 2.75) is 58.3 Å². The van der Waals surface area contributed by atoms with Crippen LogP contribution in [0.5, 0.6) is 11.5 Å². The van der Waals surface area contributed by atoms with Gasteiger partial charge in [-0.2, -0.15) is 0 Å². The minimum Gasteiger partial charge on any atom is -0.454 e. The summed E-state index contributed by atoms with van der Waals surface area (Å²) >= 11 is 0. The molecule has 6 heteroatoms. The molecule has 2 heterocycles. The molecule has 2 aromatic carbocycles. The van der Waals surface area contributed by atoms with E-state index >= 15 is 0 Å². The van der Waals surface area contributed by atoms with Crippen LogP contribution in [-0.4, -0.2) is 22.7 Å². The van der Waals surface area contributed by atoms with E-state index in [1.165, 1.54) is 0 Å². The fourth-order valence-electron chi connectivity index (χ4n) is 6.10. The van der Waals surface area contributed by atoms with Crippen LogP contribution in [0.25, 0.3) is 11.0 Å². The Morgan fingerprint density at radius 3 is 2.28 bits per heavy atom. The third kappa shape index (κ3) is 2.17. The van der Waals surface area contributed by atoms with Crippen LogP contribution in [0.3, 0.4) is 0 Å². The number of nitrogens with zero attached hydrogens (tertiary/aromatic N) is 2. The first-order chi connectivity index (χ1) is 15.2. The minimum absolute atomic E-state index is 0.00747. The highest BCUT2D eigenvalue weighted by molar-refractivity contribution is 6.02. The first kappa shape index (κ1) is 19.5. The molecule has 3 aromatic rings. The molecule has 2 aliphatic carbocycles. The molecule has 164 valence electrons. The van der Waals surface area contributed by atoms with E-state index in [0.717, 1.165) is 52.1 Å². The largest absolute Gasteiger partial charge is 0.454 e. The smallest absolute Gasteiger partial charge is 0.237 e. The number of benzene rings is 2. The molecular formula is C26H27N3O3. The van der Waals surface area contributed by atoms with E-state index in [9.17, 15) is 4.79 Å². The lowest BCUT2D eigenvalue weighted by atomic mass is 9.63. The molecule has 1 aromatic heterocycles. The lowest BCUT2D eigenvalue weighted by Gasteiger charge is -2.39. The van der Waals surface area contributed by atoms with Gasteiger partial charge in [-0.25, -0.2) is 9.97 Å². The molecule has 2 bridgehead atoms. The lowest BCUT2D eigenvalue weighted by molar-refractivity contribution is -0.125. The summed E-state index contributed by atoms with van der Waals surface area (Å²) < 4.78 is 11.1. The summed E-state index contributed by atoms with van der Waals surface area (Å²) in [7, 11) is 0. The molecule has 1 fully saturated rings. The molecule has 1 N–H and O–H groups in total. The summed E-state index contributed by atoms with van der Waals surface area (Å²) in [5.74, 6) is 1.38. The minimum atomic E-state index is -0.745. The standard InChI is InChI=1S/C26H27N3O3/c1-14-6-7-15(2)16(10-14)29-23(30)26-9-8-25(5,24(26,3)4)21-22(26)28-18-12-20-19(31-13-32-20)11-17(18)27-21/h6-7,10-12H,8-9,13H2,1-5H3,(H,29,30). The number of aromatic nitrogens is 2. The maximum atomic E-state index is 14.1. The summed E-state index contributed by atoms with van der Waals surface area (Å²) in [5.41, 5.74) is 4.98. The first-order valence-corrected chi connectivity index (χ1v) is 11.2. The first-order valence-electron chi connectivity index (χ1n) is 11.2. The maximum Gasteiger partial charge on any atom is 0.237 e. The summed E-state index contributed by atoms with van der Waals surface area (Å²) in [6.45, 7) is 10.9. The second kappa shape index (κ2) is 6.00. The number of hydrogen-bond acceptors (Lipinski definition) is 5. The maximum absolute atomic E-state index is 14.1. The van der Waals surface area contributed by atoms with E-state index in [4.69, 9.17) is 19.4 Å². The second-order valence-electron chi connectivity index (χ2n) is 10.2. The Balaban J connectivity index is 1.54. The Labute approximate surface area is 187 Å². The zero-order valence-electron chi connectivity index (χ0n) is 19.1. The number of rotatable bonds is 2. The van der Waals surface area contributed by atoms with Crippen LogP contribution >= 0.6 is 0 Å². The van der Waals surface area contributed by atoms with Gasteiger partial charge >= 0.3 is 0 Å². The van der Waals surface area contributed by atoms with Crippen LogP contribution < -0.4 is 14.8 Å². The predicted octanol–water partition coefficient (Wildman–Crippen LogP) is 4.94. The molecule has 6 nitrogen and oxygen atoms in total. The molecule has 0 spiro atoms. The van der Waals surface area contributed by atoms with Crippen molar-refractivity contribution in [3.63, 3.8) is 0 Å². The van der Waals surface area contributed by atoms with Crippen molar-refractivity contribution >= 4 is 22.6 Å². The fraction of sp³-hybridized carbons (Fsp3) is 0.423. The van der Waals surface area contributed by atoms with Gasteiger partial charge in [-0.3, -0.25) is 4.79 Å². The summed E-state index contributed by atoms with van der Waals surface area (Å²) in [6.07, 6.45) is 1.66. The van der Waals surface area contributed by atoms with Crippen LogP contribution in [-0.2, 0) is 15.6 Å². The topological polar surface area (TPSA) is 73.3 Å². The van der Waals surface area contributed by atoms with Crippen LogP contribution in [0, 0.1) is 19.3 Å². The molecule has 1 amide bonds. The van der Waals surface area contributed by atoms with Crippen molar-refractivity contribution in [2.24, 2.45) is 5.41 Å². The van der Waals surface area contributed by atoms with Gasteiger partial charge in [-0.05, 0) is 49.3 Å². The third-order valence-corrected chi connectivity index (χ3v) is 8.56. The number of carbonyl (C=O) groups excluding carboxylic acids is 1. The van der Waals surface area contributed by atoms with Crippen molar-refractivity contribution in [2.75, 3.05) is 12.1 Å². The van der Waals surface area contributed by atoms with Gasteiger partial charge in [-0.1, -0.05) is 32.9 Å². The van der Waals surface area contributed by atoms with E-state index in [1.54, 1.807) is 0 Å². The average molecular weight is 430 g/mol. The van der Waals surface area contributed by atoms with Crippen LogP contribution in [0.1, 0.15) is 56.1 Å². The number of carbonyl (C=O) groups is 1. The molecule has 6 rings (SSSR count). The van der Waals surface area contributed by atoms with Gasteiger partial charge in [0.25, 0.3) is 0 Å². The monoisotopic (exact) mass is 429 g/mol. The number of nitrogens with one attached hydrogen (secondary N) is 1. The zero-order chi connectivity index (χ0) is 22.5. The van der Waals surface area contributed by atoms with E-state index in [1.807, 2.05) is 38.1 Å². The number of ether oxygens (including phenoxy) is 2. The third-order valence-electron chi connectivity index (χ3n) is 8.56. The predicted molar refractivity (Wildman–Crippen MR) is 122 cm³/mol. The molecule has 0 saturated heterocycles.